The van der Waals surface area contributed by atoms with Crippen molar-refractivity contribution < 1.29 is 9.84 Å². The van der Waals surface area contributed by atoms with E-state index in [1.807, 2.05) is 27.0 Å². The number of hydrogen-bond donors (Lipinski definition) is 1. The van der Waals surface area contributed by atoms with Crippen molar-refractivity contribution in [2.75, 3.05) is 13.2 Å². The fraction of sp³-hybridized carbons (Fsp3) is 0.667. The van der Waals surface area contributed by atoms with E-state index in [-0.39, 0.29) is 12.6 Å². The van der Waals surface area contributed by atoms with Gasteiger partial charge in [-0.25, -0.2) is 0 Å². The van der Waals surface area contributed by atoms with E-state index in [1.54, 1.807) is 4.68 Å². The first-order chi connectivity index (χ1) is 6.19. The highest BCUT2D eigenvalue weighted by Crippen LogP contribution is 2.16. The minimum absolute atomic E-state index is 0.00732. The molecule has 13 heavy (non-hydrogen) atoms. The number of rotatable bonds is 4. The Morgan fingerprint density at radius 2 is 2.38 bits per heavy atom. The van der Waals surface area contributed by atoms with E-state index >= 15 is 0 Å². The summed E-state index contributed by atoms with van der Waals surface area (Å²) in [5.41, 5.74) is 1.00. The lowest BCUT2D eigenvalue weighted by Crippen LogP contribution is -2.09. The summed E-state index contributed by atoms with van der Waals surface area (Å²) in [5.74, 6) is 0.655. The van der Waals surface area contributed by atoms with E-state index in [2.05, 4.69) is 5.10 Å². The lowest BCUT2D eigenvalue weighted by Gasteiger charge is -2.06. The van der Waals surface area contributed by atoms with E-state index in [4.69, 9.17) is 9.84 Å². The molecule has 0 aliphatic rings. The average molecular weight is 184 g/mol. The first kappa shape index (κ1) is 10.1. The van der Waals surface area contributed by atoms with Gasteiger partial charge in [-0.15, -0.1) is 5.10 Å². The molecule has 0 saturated heterocycles. The van der Waals surface area contributed by atoms with Gasteiger partial charge in [-0.1, -0.05) is 0 Å². The van der Waals surface area contributed by atoms with Crippen LogP contribution in [0, 0.1) is 6.92 Å². The van der Waals surface area contributed by atoms with Crippen LogP contribution in [0.15, 0.2) is 6.20 Å². The van der Waals surface area contributed by atoms with Crippen molar-refractivity contribution >= 4 is 0 Å². The minimum Gasteiger partial charge on any atom is -0.477 e. The molecular formula is C9H16N2O2. The van der Waals surface area contributed by atoms with Crippen LogP contribution in [0.3, 0.4) is 0 Å². The molecule has 0 saturated carbocycles. The van der Waals surface area contributed by atoms with Crippen LogP contribution in [0.2, 0.25) is 0 Å². The maximum absolute atomic E-state index is 8.92. The van der Waals surface area contributed by atoms with Crippen molar-refractivity contribution in [2.24, 2.45) is 0 Å². The van der Waals surface area contributed by atoms with Crippen LogP contribution < -0.4 is 4.74 Å². The molecule has 1 N–H and O–H groups in total. The number of nitrogens with zero attached hydrogens (tertiary/aromatic N) is 2. The Morgan fingerprint density at radius 3 is 2.92 bits per heavy atom. The van der Waals surface area contributed by atoms with Crippen molar-refractivity contribution in [1.29, 1.82) is 0 Å². The van der Waals surface area contributed by atoms with Gasteiger partial charge in [0.05, 0.1) is 19.3 Å². The summed E-state index contributed by atoms with van der Waals surface area (Å²) in [6, 6.07) is 0.00732. The smallest absolute Gasteiger partial charge is 0.235 e. The molecule has 0 aromatic carbocycles. The van der Waals surface area contributed by atoms with Gasteiger partial charge < -0.3 is 9.84 Å². The molecule has 74 valence electrons. The fourth-order valence-corrected chi connectivity index (χ4v) is 1.06. The number of aromatic nitrogens is 2. The molecule has 1 aromatic heterocycles. The molecule has 0 aliphatic heterocycles. The van der Waals surface area contributed by atoms with Crippen molar-refractivity contribution in [3.05, 3.63) is 11.8 Å². The maximum atomic E-state index is 8.92. The van der Waals surface area contributed by atoms with Gasteiger partial charge in [0.15, 0.2) is 0 Å². The molecule has 4 heteroatoms. The number of ether oxygens (including phenoxy) is 1. The molecule has 1 atom stereocenters. The van der Waals surface area contributed by atoms with Gasteiger partial charge in [0, 0.05) is 11.8 Å². The fourth-order valence-electron chi connectivity index (χ4n) is 1.06. The molecule has 1 aromatic rings. The summed E-state index contributed by atoms with van der Waals surface area (Å²) in [6.07, 6.45) is 1.88. The monoisotopic (exact) mass is 184 g/mol. The summed E-state index contributed by atoms with van der Waals surface area (Å²) in [5, 5.41) is 13.1. The zero-order chi connectivity index (χ0) is 9.84. The molecule has 0 aliphatic carbocycles. The van der Waals surface area contributed by atoms with Crippen molar-refractivity contribution in [3.63, 3.8) is 0 Å². The molecule has 1 rings (SSSR count). The second kappa shape index (κ2) is 4.28. The maximum Gasteiger partial charge on any atom is 0.235 e. The molecule has 0 fully saturated rings. The van der Waals surface area contributed by atoms with E-state index in [0.717, 1.165) is 5.56 Å². The van der Waals surface area contributed by atoms with Crippen LogP contribution in [0.1, 0.15) is 25.5 Å². The highest BCUT2D eigenvalue weighted by molar-refractivity contribution is 5.21. The van der Waals surface area contributed by atoms with Crippen LogP contribution in [-0.4, -0.2) is 28.1 Å². The van der Waals surface area contributed by atoms with Crippen molar-refractivity contribution in [1.82, 2.24) is 9.78 Å². The molecule has 0 bridgehead atoms. The van der Waals surface area contributed by atoms with E-state index in [0.29, 0.717) is 12.5 Å². The Balaban J connectivity index is 2.81. The molecule has 1 unspecified atom stereocenters. The summed E-state index contributed by atoms with van der Waals surface area (Å²) in [6.45, 7) is 6.48. The standard InChI is InChI=1S/C9H16N2O2/c1-4-13-9-7(2)5-11(10-9)8(3)6-12/h5,8,12H,4,6H2,1-3H3. The summed E-state index contributed by atoms with van der Waals surface area (Å²) >= 11 is 0. The molecule has 4 nitrogen and oxygen atoms in total. The third-order valence-electron chi connectivity index (χ3n) is 1.87. The van der Waals surface area contributed by atoms with Gasteiger partial charge in [0.2, 0.25) is 5.88 Å². The van der Waals surface area contributed by atoms with Gasteiger partial charge >= 0.3 is 0 Å². The highest BCUT2D eigenvalue weighted by Gasteiger charge is 2.09. The van der Waals surface area contributed by atoms with Crippen LogP contribution in [0.4, 0.5) is 0 Å². The van der Waals surface area contributed by atoms with E-state index < -0.39 is 0 Å². The Hall–Kier alpha value is -1.03. The van der Waals surface area contributed by atoms with Crippen molar-refractivity contribution in [2.45, 2.75) is 26.8 Å². The van der Waals surface area contributed by atoms with Gasteiger partial charge in [0.25, 0.3) is 0 Å². The van der Waals surface area contributed by atoms with Crippen molar-refractivity contribution in [3.8, 4) is 5.88 Å². The second-order valence-corrected chi connectivity index (χ2v) is 3.06. The third kappa shape index (κ3) is 2.21. The number of aliphatic hydroxyl groups excluding tert-OH is 1. The third-order valence-corrected chi connectivity index (χ3v) is 1.87. The van der Waals surface area contributed by atoms with E-state index in [1.165, 1.54) is 0 Å². The largest absolute Gasteiger partial charge is 0.477 e. The van der Waals surface area contributed by atoms with Crippen LogP contribution >= 0.6 is 0 Å². The number of hydrogen-bond acceptors (Lipinski definition) is 3. The lowest BCUT2D eigenvalue weighted by molar-refractivity contribution is 0.226. The van der Waals surface area contributed by atoms with E-state index in [9.17, 15) is 0 Å². The Kier molecular flexibility index (Phi) is 3.31. The van der Waals surface area contributed by atoms with Gasteiger partial charge in [-0.2, -0.15) is 0 Å². The second-order valence-electron chi connectivity index (χ2n) is 3.06. The summed E-state index contributed by atoms with van der Waals surface area (Å²) in [4.78, 5) is 0. The van der Waals surface area contributed by atoms with Gasteiger partial charge in [0.1, 0.15) is 0 Å². The molecule has 0 amide bonds. The first-order valence-electron chi connectivity index (χ1n) is 4.48. The van der Waals surface area contributed by atoms with Gasteiger partial charge in [-0.3, -0.25) is 4.68 Å². The first-order valence-corrected chi connectivity index (χ1v) is 4.48. The topological polar surface area (TPSA) is 47.3 Å². The lowest BCUT2D eigenvalue weighted by atomic mass is 10.3. The zero-order valence-corrected chi connectivity index (χ0v) is 8.32. The normalized spacial score (nSPS) is 12.9. The quantitative estimate of drug-likeness (QED) is 0.763. The summed E-state index contributed by atoms with van der Waals surface area (Å²) in [7, 11) is 0. The summed E-state index contributed by atoms with van der Waals surface area (Å²) < 4.78 is 7.02. The minimum atomic E-state index is 0.00732. The molecular weight excluding hydrogens is 168 g/mol. The molecule has 0 radical (unpaired) electrons. The zero-order valence-electron chi connectivity index (χ0n) is 8.32. The number of aliphatic hydroxyl groups is 1. The van der Waals surface area contributed by atoms with Crippen LogP contribution in [-0.2, 0) is 0 Å². The Labute approximate surface area is 78.1 Å². The van der Waals surface area contributed by atoms with Crippen LogP contribution in [0.5, 0.6) is 5.88 Å². The predicted molar refractivity (Wildman–Crippen MR) is 49.9 cm³/mol. The Bertz CT molecular complexity index is 271. The van der Waals surface area contributed by atoms with Gasteiger partial charge in [-0.05, 0) is 20.8 Å². The Morgan fingerprint density at radius 1 is 1.69 bits per heavy atom. The average Bonchev–Trinajstić information content (AvgIpc) is 2.47. The molecule has 1 heterocycles. The SMILES string of the molecule is CCOc1nn(C(C)CO)cc1C. The number of aryl methyl sites for hydroxylation is 1. The van der Waals surface area contributed by atoms with Crippen LogP contribution in [0.25, 0.3) is 0 Å². The molecule has 0 spiro atoms. The highest BCUT2D eigenvalue weighted by atomic mass is 16.5. The predicted octanol–water partition coefficient (Wildman–Crippen LogP) is 1.14.